The Bertz CT molecular complexity index is 536. The number of benzene rings is 1. The number of carbonyl (C=O) groups is 1. The molecule has 2 rings (SSSR count). The molecule has 0 spiro atoms. The molecule has 17 heavy (non-hydrogen) atoms. The maximum atomic E-state index is 11.7. The Hall–Kier alpha value is -1.74. The highest BCUT2D eigenvalue weighted by Gasteiger charge is 2.12. The first-order valence-corrected chi connectivity index (χ1v) is 5.83. The molecule has 1 unspecified atom stereocenters. The SMILES string of the molecule is CCC(N)C(=O)Cc1ccc2ccccc2n1. The Morgan fingerprint density at radius 2 is 2.06 bits per heavy atom. The lowest BCUT2D eigenvalue weighted by molar-refractivity contribution is -0.119. The van der Waals surface area contributed by atoms with Crippen molar-refractivity contribution in [2.45, 2.75) is 25.8 Å². The highest BCUT2D eigenvalue weighted by Crippen LogP contribution is 2.12. The summed E-state index contributed by atoms with van der Waals surface area (Å²) in [5, 5.41) is 1.09. The van der Waals surface area contributed by atoms with Gasteiger partial charge < -0.3 is 5.73 Å². The molecule has 0 aliphatic rings. The number of nitrogens with zero attached hydrogens (tertiary/aromatic N) is 1. The summed E-state index contributed by atoms with van der Waals surface area (Å²) in [5.41, 5.74) is 7.41. The molecule has 3 heteroatoms. The van der Waals surface area contributed by atoms with Crippen LogP contribution in [0, 0.1) is 0 Å². The van der Waals surface area contributed by atoms with Crippen LogP contribution in [0.3, 0.4) is 0 Å². The van der Waals surface area contributed by atoms with E-state index in [0.717, 1.165) is 16.6 Å². The molecule has 0 aliphatic carbocycles. The van der Waals surface area contributed by atoms with Crippen molar-refractivity contribution in [2.75, 3.05) is 0 Å². The maximum Gasteiger partial charge on any atom is 0.155 e. The number of hydrogen-bond donors (Lipinski definition) is 1. The van der Waals surface area contributed by atoms with Gasteiger partial charge in [0.2, 0.25) is 0 Å². The average Bonchev–Trinajstić information content (AvgIpc) is 2.37. The molecule has 0 saturated heterocycles. The van der Waals surface area contributed by atoms with E-state index in [9.17, 15) is 4.79 Å². The topological polar surface area (TPSA) is 56.0 Å². The highest BCUT2D eigenvalue weighted by atomic mass is 16.1. The first-order chi connectivity index (χ1) is 8.20. The lowest BCUT2D eigenvalue weighted by atomic mass is 10.1. The Labute approximate surface area is 101 Å². The minimum Gasteiger partial charge on any atom is -0.322 e. The number of carbonyl (C=O) groups excluding carboxylic acids is 1. The number of Topliss-reactive ketones (excluding diaryl/α,β-unsaturated/α-hetero) is 1. The molecule has 0 fully saturated rings. The summed E-state index contributed by atoms with van der Waals surface area (Å²) in [6.07, 6.45) is 0.992. The smallest absolute Gasteiger partial charge is 0.155 e. The molecule has 0 saturated carbocycles. The van der Waals surface area contributed by atoms with E-state index < -0.39 is 0 Å². The number of para-hydroxylation sites is 1. The van der Waals surface area contributed by atoms with Crippen molar-refractivity contribution in [1.29, 1.82) is 0 Å². The van der Waals surface area contributed by atoms with Gasteiger partial charge in [-0.2, -0.15) is 0 Å². The van der Waals surface area contributed by atoms with Gasteiger partial charge in [-0.1, -0.05) is 31.2 Å². The summed E-state index contributed by atoms with van der Waals surface area (Å²) < 4.78 is 0. The zero-order chi connectivity index (χ0) is 12.3. The minimum absolute atomic E-state index is 0.0512. The number of aromatic nitrogens is 1. The number of fused-ring (bicyclic) bond motifs is 1. The van der Waals surface area contributed by atoms with Gasteiger partial charge in [0.1, 0.15) is 0 Å². The van der Waals surface area contributed by atoms with Crippen LogP contribution in [0.1, 0.15) is 19.0 Å². The van der Waals surface area contributed by atoms with Crippen molar-refractivity contribution in [3.05, 3.63) is 42.1 Å². The molecule has 0 aliphatic heterocycles. The maximum absolute atomic E-state index is 11.7. The molecule has 3 nitrogen and oxygen atoms in total. The average molecular weight is 228 g/mol. The fourth-order valence-corrected chi connectivity index (χ4v) is 1.74. The van der Waals surface area contributed by atoms with Gasteiger partial charge in [-0.15, -0.1) is 0 Å². The number of nitrogens with two attached hydrogens (primary N) is 1. The normalized spacial score (nSPS) is 12.6. The second-order valence-corrected chi connectivity index (χ2v) is 4.15. The standard InChI is InChI=1S/C14H16N2O/c1-2-12(15)14(17)9-11-8-7-10-5-3-4-6-13(10)16-11/h3-8,12H,2,9,15H2,1H3. The molecular weight excluding hydrogens is 212 g/mol. The van der Waals surface area contributed by atoms with Crippen molar-refractivity contribution in [2.24, 2.45) is 5.73 Å². The van der Waals surface area contributed by atoms with Crippen LogP contribution >= 0.6 is 0 Å². The predicted molar refractivity (Wildman–Crippen MR) is 68.7 cm³/mol. The molecule has 1 aromatic carbocycles. The van der Waals surface area contributed by atoms with Crippen LogP contribution in [0.5, 0.6) is 0 Å². The van der Waals surface area contributed by atoms with Crippen LogP contribution in [0.4, 0.5) is 0 Å². The lowest BCUT2D eigenvalue weighted by Gasteiger charge is -2.07. The van der Waals surface area contributed by atoms with Gasteiger partial charge in [-0.3, -0.25) is 9.78 Å². The summed E-state index contributed by atoms with van der Waals surface area (Å²) in [4.78, 5) is 16.2. The van der Waals surface area contributed by atoms with Gasteiger partial charge in [0, 0.05) is 11.1 Å². The highest BCUT2D eigenvalue weighted by molar-refractivity contribution is 5.86. The number of hydrogen-bond acceptors (Lipinski definition) is 3. The molecule has 1 aromatic heterocycles. The van der Waals surface area contributed by atoms with Crippen molar-refractivity contribution in [3.8, 4) is 0 Å². The van der Waals surface area contributed by atoms with E-state index in [2.05, 4.69) is 4.98 Å². The summed E-state index contributed by atoms with van der Waals surface area (Å²) in [6.45, 7) is 1.91. The van der Waals surface area contributed by atoms with Crippen molar-refractivity contribution in [1.82, 2.24) is 4.98 Å². The van der Waals surface area contributed by atoms with Crippen molar-refractivity contribution >= 4 is 16.7 Å². The Kier molecular flexibility index (Phi) is 3.49. The van der Waals surface area contributed by atoms with Gasteiger partial charge in [0.05, 0.1) is 18.0 Å². The minimum atomic E-state index is -0.372. The third-order valence-electron chi connectivity index (χ3n) is 2.86. The second kappa shape index (κ2) is 5.06. The van der Waals surface area contributed by atoms with Crippen LogP contribution in [-0.2, 0) is 11.2 Å². The molecular formula is C14H16N2O. The lowest BCUT2D eigenvalue weighted by Crippen LogP contribution is -2.31. The van der Waals surface area contributed by atoms with Gasteiger partial charge in [-0.25, -0.2) is 0 Å². The summed E-state index contributed by atoms with van der Waals surface area (Å²) in [7, 11) is 0. The molecule has 1 heterocycles. The molecule has 1 atom stereocenters. The fourth-order valence-electron chi connectivity index (χ4n) is 1.74. The summed E-state index contributed by atoms with van der Waals surface area (Å²) >= 11 is 0. The molecule has 0 amide bonds. The van der Waals surface area contributed by atoms with Gasteiger partial charge >= 0.3 is 0 Å². The third kappa shape index (κ3) is 2.68. The zero-order valence-corrected chi connectivity index (χ0v) is 9.89. The Morgan fingerprint density at radius 3 is 2.82 bits per heavy atom. The van der Waals surface area contributed by atoms with Crippen LogP contribution in [-0.4, -0.2) is 16.8 Å². The van der Waals surface area contributed by atoms with Crippen LogP contribution < -0.4 is 5.73 Å². The summed E-state index contributed by atoms with van der Waals surface area (Å²) in [5.74, 6) is 0.0512. The third-order valence-corrected chi connectivity index (χ3v) is 2.86. The molecule has 2 N–H and O–H groups in total. The number of pyridine rings is 1. The van der Waals surface area contributed by atoms with Gasteiger partial charge in [-0.05, 0) is 18.6 Å². The van der Waals surface area contributed by atoms with Crippen LogP contribution in [0.2, 0.25) is 0 Å². The number of ketones is 1. The zero-order valence-electron chi connectivity index (χ0n) is 9.89. The first kappa shape index (κ1) is 11.7. The van der Waals surface area contributed by atoms with Crippen LogP contribution in [0.25, 0.3) is 10.9 Å². The molecule has 88 valence electrons. The van der Waals surface area contributed by atoms with Crippen LogP contribution in [0.15, 0.2) is 36.4 Å². The summed E-state index contributed by atoms with van der Waals surface area (Å²) in [6, 6.07) is 11.4. The van der Waals surface area contributed by atoms with Gasteiger partial charge in [0.25, 0.3) is 0 Å². The Morgan fingerprint density at radius 1 is 1.29 bits per heavy atom. The fraction of sp³-hybridized carbons (Fsp3) is 0.286. The monoisotopic (exact) mass is 228 g/mol. The Balaban J connectivity index is 2.22. The van der Waals surface area contributed by atoms with Crippen molar-refractivity contribution in [3.63, 3.8) is 0 Å². The van der Waals surface area contributed by atoms with E-state index in [1.807, 2.05) is 43.3 Å². The predicted octanol–water partition coefficient (Wildman–Crippen LogP) is 2.08. The van der Waals surface area contributed by atoms with Gasteiger partial charge in [0.15, 0.2) is 5.78 Å². The molecule has 0 bridgehead atoms. The van der Waals surface area contributed by atoms with E-state index in [1.165, 1.54) is 0 Å². The van der Waals surface area contributed by atoms with E-state index in [-0.39, 0.29) is 11.8 Å². The first-order valence-electron chi connectivity index (χ1n) is 5.83. The van der Waals surface area contributed by atoms with E-state index >= 15 is 0 Å². The second-order valence-electron chi connectivity index (χ2n) is 4.15. The molecule has 0 radical (unpaired) electrons. The van der Waals surface area contributed by atoms with E-state index in [0.29, 0.717) is 12.8 Å². The largest absolute Gasteiger partial charge is 0.322 e. The van der Waals surface area contributed by atoms with E-state index in [1.54, 1.807) is 0 Å². The quantitative estimate of drug-likeness (QED) is 0.871. The number of rotatable bonds is 4. The van der Waals surface area contributed by atoms with E-state index in [4.69, 9.17) is 5.73 Å². The molecule has 2 aromatic rings. The van der Waals surface area contributed by atoms with Crippen molar-refractivity contribution < 1.29 is 4.79 Å².